The van der Waals surface area contributed by atoms with Gasteiger partial charge in [0.15, 0.2) is 5.69 Å². The van der Waals surface area contributed by atoms with E-state index in [0.29, 0.717) is 24.3 Å². The Hall–Kier alpha value is -1.72. The van der Waals surface area contributed by atoms with Crippen LogP contribution in [0.1, 0.15) is 36.2 Å². The van der Waals surface area contributed by atoms with Crippen molar-refractivity contribution < 1.29 is 9.59 Å². The van der Waals surface area contributed by atoms with E-state index in [9.17, 15) is 9.59 Å². The van der Waals surface area contributed by atoms with E-state index in [2.05, 4.69) is 15.4 Å². The molecule has 1 amide bonds. The van der Waals surface area contributed by atoms with Crippen LogP contribution in [0, 0.1) is 0 Å². The highest BCUT2D eigenvalue weighted by Gasteiger charge is 2.26. The van der Waals surface area contributed by atoms with Gasteiger partial charge in [0.25, 0.3) is 5.91 Å². The van der Waals surface area contributed by atoms with Crippen molar-refractivity contribution in [3.63, 3.8) is 0 Å². The molecule has 1 fully saturated rings. The van der Waals surface area contributed by atoms with Crippen LogP contribution in [0.15, 0.2) is 6.20 Å². The van der Waals surface area contributed by atoms with E-state index >= 15 is 0 Å². The minimum Gasteiger partial charge on any atom is -0.337 e. The molecule has 1 aromatic rings. The number of carbonyl (C=O) groups is 2. The predicted molar refractivity (Wildman–Crippen MR) is 55.7 cm³/mol. The zero-order valence-electron chi connectivity index (χ0n) is 9.14. The molecule has 16 heavy (non-hydrogen) atoms. The van der Waals surface area contributed by atoms with Crippen molar-refractivity contribution in [2.75, 3.05) is 7.05 Å². The Morgan fingerprint density at radius 2 is 2.19 bits per heavy atom. The third-order valence-corrected chi connectivity index (χ3v) is 3.02. The lowest BCUT2D eigenvalue weighted by atomic mass is 9.93. The Kier molecular flexibility index (Phi) is 2.98. The molecule has 0 aromatic carbocycles. The number of Topliss-reactive ketones (excluding diaryl/α,β-unsaturated/α-hetero) is 1. The summed E-state index contributed by atoms with van der Waals surface area (Å²) in [7, 11) is 1.75. The highest BCUT2D eigenvalue weighted by atomic mass is 16.2. The van der Waals surface area contributed by atoms with Crippen LogP contribution in [0.5, 0.6) is 0 Å². The van der Waals surface area contributed by atoms with Crippen molar-refractivity contribution in [1.29, 1.82) is 0 Å². The van der Waals surface area contributed by atoms with Gasteiger partial charge < -0.3 is 4.90 Å². The Balaban J connectivity index is 1.99. The Labute approximate surface area is 93.0 Å². The normalized spacial score (nSPS) is 17.4. The maximum absolute atomic E-state index is 11.9. The standard InChI is InChI=1S/C10H14N4O2/c1-14(7-2-4-8(15)5-3-7)10(16)9-6-11-13-12-9/h6-7H,2-5H2,1H3,(H,11,12,13). The third-order valence-electron chi connectivity index (χ3n) is 3.02. The second-order valence-corrected chi connectivity index (χ2v) is 4.04. The van der Waals surface area contributed by atoms with Crippen LogP contribution < -0.4 is 0 Å². The number of hydrogen-bond donors (Lipinski definition) is 1. The molecular weight excluding hydrogens is 208 g/mol. The van der Waals surface area contributed by atoms with Crippen molar-refractivity contribution >= 4 is 11.7 Å². The summed E-state index contributed by atoms with van der Waals surface area (Å²) in [5.74, 6) is 0.145. The average Bonchev–Trinajstić information content (AvgIpc) is 2.81. The van der Waals surface area contributed by atoms with Crippen LogP contribution in [-0.2, 0) is 4.79 Å². The average molecular weight is 222 g/mol. The number of aromatic nitrogens is 3. The molecule has 1 aliphatic carbocycles. The van der Waals surface area contributed by atoms with Crippen molar-refractivity contribution in [1.82, 2.24) is 20.3 Å². The Morgan fingerprint density at radius 3 is 2.75 bits per heavy atom. The number of rotatable bonds is 2. The summed E-state index contributed by atoms with van der Waals surface area (Å²) in [4.78, 5) is 24.7. The predicted octanol–water partition coefficient (Wildman–Crippen LogP) is 0.388. The summed E-state index contributed by atoms with van der Waals surface area (Å²) in [6.07, 6.45) is 4.05. The largest absolute Gasteiger partial charge is 0.337 e. The first kappa shape index (κ1) is 10.8. The van der Waals surface area contributed by atoms with Crippen molar-refractivity contribution in [2.45, 2.75) is 31.7 Å². The van der Waals surface area contributed by atoms with Gasteiger partial charge in [0.2, 0.25) is 0 Å². The van der Waals surface area contributed by atoms with Gasteiger partial charge in [-0.05, 0) is 12.8 Å². The number of nitrogens with zero attached hydrogens (tertiary/aromatic N) is 3. The molecule has 86 valence electrons. The zero-order valence-corrected chi connectivity index (χ0v) is 9.14. The molecule has 0 aliphatic heterocycles. The second kappa shape index (κ2) is 4.42. The van der Waals surface area contributed by atoms with E-state index in [-0.39, 0.29) is 11.9 Å². The molecule has 0 unspecified atom stereocenters. The fraction of sp³-hybridized carbons (Fsp3) is 0.600. The molecule has 0 spiro atoms. The van der Waals surface area contributed by atoms with Gasteiger partial charge in [0.1, 0.15) is 5.78 Å². The maximum atomic E-state index is 11.9. The van der Waals surface area contributed by atoms with Gasteiger partial charge in [-0.3, -0.25) is 9.59 Å². The number of H-pyrrole nitrogens is 1. The minimum atomic E-state index is -0.145. The van der Waals surface area contributed by atoms with Crippen LogP contribution >= 0.6 is 0 Å². The number of carbonyl (C=O) groups excluding carboxylic acids is 2. The summed E-state index contributed by atoms with van der Waals surface area (Å²) >= 11 is 0. The second-order valence-electron chi connectivity index (χ2n) is 4.04. The molecule has 1 aliphatic rings. The topological polar surface area (TPSA) is 79.0 Å². The zero-order chi connectivity index (χ0) is 11.5. The van der Waals surface area contributed by atoms with E-state index in [0.717, 1.165) is 12.8 Å². The van der Waals surface area contributed by atoms with Crippen molar-refractivity contribution in [2.24, 2.45) is 0 Å². The Bertz CT molecular complexity index is 378. The summed E-state index contributed by atoms with van der Waals surface area (Å²) in [6, 6.07) is 0.141. The summed E-state index contributed by atoms with van der Waals surface area (Å²) in [5, 5.41) is 9.77. The van der Waals surface area contributed by atoms with Crippen LogP contribution in [0.3, 0.4) is 0 Å². The summed E-state index contributed by atoms with van der Waals surface area (Å²) in [5.41, 5.74) is 0.319. The molecule has 2 rings (SSSR count). The van der Waals surface area contributed by atoms with Gasteiger partial charge in [0.05, 0.1) is 6.20 Å². The van der Waals surface area contributed by atoms with Gasteiger partial charge in [-0.2, -0.15) is 15.4 Å². The molecule has 1 heterocycles. The van der Waals surface area contributed by atoms with Gasteiger partial charge in [-0.1, -0.05) is 0 Å². The number of aromatic amines is 1. The molecule has 0 bridgehead atoms. The summed E-state index contributed by atoms with van der Waals surface area (Å²) < 4.78 is 0. The minimum absolute atomic E-state index is 0.141. The van der Waals surface area contributed by atoms with Gasteiger partial charge >= 0.3 is 0 Å². The Morgan fingerprint density at radius 1 is 1.50 bits per heavy atom. The fourth-order valence-corrected chi connectivity index (χ4v) is 1.96. The quantitative estimate of drug-likeness (QED) is 0.785. The van der Waals surface area contributed by atoms with Gasteiger partial charge in [0, 0.05) is 25.9 Å². The van der Waals surface area contributed by atoms with Gasteiger partial charge in [-0.25, -0.2) is 0 Å². The van der Waals surface area contributed by atoms with Crippen LogP contribution in [0.25, 0.3) is 0 Å². The molecule has 0 saturated heterocycles. The van der Waals surface area contributed by atoms with E-state index < -0.39 is 0 Å². The highest BCUT2D eigenvalue weighted by Crippen LogP contribution is 2.20. The molecule has 6 heteroatoms. The molecule has 1 saturated carbocycles. The lowest BCUT2D eigenvalue weighted by molar-refractivity contribution is -0.121. The van der Waals surface area contributed by atoms with E-state index in [1.165, 1.54) is 6.20 Å². The van der Waals surface area contributed by atoms with Crippen molar-refractivity contribution in [3.05, 3.63) is 11.9 Å². The number of amides is 1. The van der Waals surface area contributed by atoms with Gasteiger partial charge in [-0.15, -0.1) is 0 Å². The first-order valence-corrected chi connectivity index (χ1v) is 5.33. The molecule has 1 aromatic heterocycles. The molecule has 1 N–H and O–H groups in total. The molecular formula is C10H14N4O2. The highest BCUT2D eigenvalue weighted by molar-refractivity contribution is 5.92. The van der Waals surface area contributed by atoms with Crippen molar-refractivity contribution in [3.8, 4) is 0 Å². The number of ketones is 1. The van der Waals surface area contributed by atoms with E-state index in [1.54, 1.807) is 11.9 Å². The maximum Gasteiger partial charge on any atom is 0.276 e. The SMILES string of the molecule is CN(C(=O)c1cn[nH]n1)C1CCC(=O)CC1. The fourth-order valence-electron chi connectivity index (χ4n) is 1.96. The van der Waals surface area contributed by atoms with Crippen LogP contribution in [-0.4, -0.2) is 45.1 Å². The molecule has 6 nitrogen and oxygen atoms in total. The smallest absolute Gasteiger partial charge is 0.276 e. The number of hydrogen-bond acceptors (Lipinski definition) is 4. The van der Waals surface area contributed by atoms with Crippen LogP contribution in [0.2, 0.25) is 0 Å². The lowest BCUT2D eigenvalue weighted by Crippen LogP contribution is -2.39. The summed E-state index contributed by atoms with van der Waals surface area (Å²) in [6.45, 7) is 0. The van der Waals surface area contributed by atoms with Crippen LogP contribution in [0.4, 0.5) is 0 Å². The monoisotopic (exact) mass is 222 g/mol. The first-order chi connectivity index (χ1) is 7.68. The first-order valence-electron chi connectivity index (χ1n) is 5.33. The molecule has 0 atom stereocenters. The van der Waals surface area contributed by atoms with E-state index in [1.807, 2.05) is 0 Å². The third kappa shape index (κ3) is 2.10. The molecule has 0 radical (unpaired) electrons. The van der Waals surface area contributed by atoms with E-state index in [4.69, 9.17) is 0 Å². The lowest BCUT2D eigenvalue weighted by Gasteiger charge is -2.30. The number of nitrogens with one attached hydrogen (secondary N) is 1.